The third-order valence-corrected chi connectivity index (χ3v) is 4.02. The van der Waals surface area contributed by atoms with E-state index in [-0.39, 0.29) is 5.56 Å². The zero-order valence-corrected chi connectivity index (χ0v) is 12.2. The van der Waals surface area contributed by atoms with Crippen LogP contribution in [0.4, 0.5) is 0 Å². The molecule has 4 heteroatoms. The van der Waals surface area contributed by atoms with Crippen LogP contribution in [0.5, 0.6) is 0 Å². The lowest BCUT2D eigenvalue weighted by Gasteiger charge is -2.11. The highest BCUT2D eigenvalue weighted by atomic mass is 35.5. The van der Waals surface area contributed by atoms with E-state index < -0.39 is 0 Å². The normalized spacial score (nSPS) is 10.9. The second-order valence-corrected chi connectivity index (χ2v) is 5.39. The zero-order chi connectivity index (χ0) is 14.3. The molecule has 0 saturated heterocycles. The van der Waals surface area contributed by atoms with Crippen LogP contribution in [0.15, 0.2) is 53.3 Å². The molecule has 0 bridgehead atoms. The number of benzene rings is 2. The SMILES string of the molecule is Cn1c(=O)c(-c2ccc(Cl)cc2)c(Cl)c2ccccc21. The maximum atomic E-state index is 12.5. The van der Waals surface area contributed by atoms with E-state index >= 15 is 0 Å². The molecule has 100 valence electrons. The molecule has 0 N–H and O–H groups in total. The van der Waals surface area contributed by atoms with E-state index in [9.17, 15) is 4.79 Å². The van der Waals surface area contributed by atoms with Gasteiger partial charge >= 0.3 is 0 Å². The fraction of sp³-hybridized carbons (Fsp3) is 0.0625. The summed E-state index contributed by atoms with van der Waals surface area (Å²) in [5, 5.41) is 1.97. The first kappa shape index (κ1) is 13.2. The number of nitrogens with zero attached hydrogens (tertiary/aromatic N) is 1. The number of rotatable bonds is 1. The molecule has 0 aliphatic rings. The molecular weight excluding hydrogens is 293 g/mol. The molecule has 20 heavy (non-hydrogen) atoms. The molecule has 0 spiro atoms. The van der Waals surface area contributed by atoms with Crippen molar-refractivity contribution in [3.8, 4) is 11.1 Å². The minimum Gasteiger partial charge on any atom is -0.311 e. The van der Waals surface area contributed by atoms with Crippen LogP contribution < -0.4 is 5.56 Å². The van der Waals surface area contributed by atoms with Crippen molar-refractivity contribution in [2.24, 2.45) is 7.05 Å². The number of fused-ring (bicyclic) bond motifs is 1. The molecule has 0 fully saturated rings. The van der Waals surface area contributed by atoms with Gasteiger partial charge in [-0.3, -0.25) is 4.79 Å². The van der Waals surface area contributed by atoms with Crippen molar-refractivity contribution >= 4 is 34.1 Å². The Morgan fingerprint density at radius 2 is 1.60 bits per heavy atom. The first-order chi connectivity index (χ1) is 9.59. The minimum atomic E-state index is -0.115. The Labute approximate surface area is 126 Å². The maximum Gasteiger partial charge on any atom is 0.260 e. The molecule has 0 aliphatic heterocycles. The molecular formula is C16H11Cl2NO. The average molecular weight is 304 g/mol. The van der Waals surface area contributed by atoms with Crippen molar-refractivity contribution in [1.82, 2.24) is 4.57 Å². The number of para-hydroxylation sites is 1. The summed E-state index contributed by atoms with van der Waals surface area (Å²) in [6.07, 6.45) is 0. The fourth-order valence-electron chi connectivity index (χ4n) is 2.32. The third-order valence-electron chi connectivity index (χ3n) is 3.37. The van der Waals surface area contributed by atoms with Gasteiger partial charge in [-0.1, -0.05) is 53.5 Å². The summed E-state index contributed by atoms with van der Waals surface area (Å²) in [6, 6.07) is 14.7. The summed E-state index contributed by atoms with van der Waals surface area (Å²) >= 11 is 12.3. The standard InChI is InChI=1S/C16H11Cl2NO/c1-19-13-5-3-2-4-12(13)15(18)14(16(19)20)10-6-8-11(17)9-7-10/h2-9H,1H3. The van der Waals surface area contributed by atoms with E-state index in [1.165, 1.54) is 0 Å². The molecule has 3 aromatic rings. The van der Waals surface area contributed by atoms with Gasteiger partial charge < -0.3 is 4.57 Å². The zero-order valence-electron chi connectivity index (χ0n) is 10.7. The molecule has 0 radical (unpaired) electrons. The fourth-order valence-corrected chi connectivity index (χ4v) is 2.80. The first-order valence-electron chi connectivity index (χ1n) is 6.13. The van der Waals surface area contributed by atoms with Crippen LogP contribution in [0.25, 0.3) is 22.0 Å². The molecule has 0 atom stereocenters. The lowest BCUT2D eigenvalue weighted by atomic mass is 10.0. The molecule has 0 aliphatic carbocycles. The van der Waals surface area contributed by atoms with Crippen molar-refractivity contribution in [1.29, 1.82) is 0 Å². The van der Waals surface area contributed by atoms with Gasteiger partial charge in [0.15, 0.2) is 0 Å². The van der Waals surface area contributed by atoms with E-state index in [2.05, 4.69) is 0 Å². The van der Waals surface area contributed by atoms with Crippen LogP contribution in [-0.4, -0.2) is 4.57 Å². The number of hydrogen-bond acceptors (Lipinski definition) is 1. The van der Waals surface area contributed by atoms with Crippen molar-refractivity contribution in [3.05, 3.63) is 68.9 Å². The summed E-state index contributed by atoms with van der Waals surface area (Å²) in [5.74, 6) is 0. The largest absolute Gasteiger partial charge is 0.311 e. The Morgan fingerprint density at radius 3 is 2.30 bits per heavy atom. The number of aryl methyl sites for hydroxylation is 1. The molecule has 0 amide bonds. The Kier molecular flexibility index (Phi) is 3.28. The summed E-state index contributed by atoms with van der Waals surface area (Å²) in [5.41, 5.74) is 1.98. The maximum absolute atomic E-state index is 12.5. The van der Waals surface area contributed by atoms with Gasteiger partial charge in [0.1, 0.15) is 0 Å². The second kappa shape index (κ2) is 4.97. The van der Waals surface area contributed by atoms with Crippen LogP contribution in [0.2, 0.25) is 10.0 Å². The summed E-state index contributed by atoms with van der Waals surface area (Å²) < 4.78 is 1.62. The first-order valence-corrected chi connectivity index (χ1v) is 6.88. The van der Waals surface area contributed by atoms with E-state index in [1.54, 1.807) is 35.9 Å². The quantitative estimate of drug-likeness (QED) is 0.648. The summed E-state index contributed by atoms with van der Waals surface area (Å²) in [4.78, 5) is 12.5. The monoisotopic (exact) mass is 303 g/mol. The lowest BCUT2D eigenvalue weighted by Crippen LogP contribution is -2.19. The van der Waals surface area contributed by atoms with Crippen LogP contribution in [0.1, 0.15) is 0 Å². The van der Waals surface area contributed by atoms with Gasteiger partial charge in [0.25, 0.3) is 5.56 Å². The van der Waals surface area contributed by atoms with Crippen molar-refractivity contribution in [3.63, 3.8) is 0 Å². The number of aromatic nitrogens is 1. The lowest BCUT2D eigenvalue weighted by molar-refractivity contribution is 0.909. The Balaban J connectivity index is 2.42. The van der Waals surface area contributed by atoms with Crippen molar-refractivity contribution < 1.29 is 0 Å². The Morgan fingerprint density at radius 1 is 0.950 bits per heavy atom. The highest BCUT2D eigenvalue weighted by Gasteiger charge is 2.14. The van der Waals surface area contributed by atoms with Crippen molar-refractivity contribution in [2.45, 2.75) is 0 Å². The van der Waals surface area contributed by atoms with Gasteiger partial charge in [0.2, 0.25) is 0 Å². The molecule has 2 nitrogen and oxygen atoms in total. The smallest absolute Gasteiger partial charge is 0.260 e. The number of halogens is 2. The van der Waals surface area contributed by atoms with Gasteiger partial charge in [-0.15, -0.1) is 0 Å². The Hall–Kier alpha value is -1.77. The third kappa shape index (κ3) is 2.01. The second-order valence-electron chi connectivity index (χ2n) is 4.58. The Bertz CT molecular complexity index is 851. The molecule has 1 aromatic heterocycles. The van der Waals surface area contributed by atoms with Crippen LogP contribution in [0.3, 0.4) is 0 Å². The van der Waals surface area contributed by atoms with Gasteiger partial charge in [-0.25, -0.2) is 0 Å². The van der Waals surface area contributed by atoms with Gasteiger partial charge in [-0.05, 0) is 23.8 Å². The average Bonchev–Trinajstić information content (AvgIpc) is 2.47. The molecule has 0 unspecified atom stereocenters. The molecule has 3 rings (SSSR count). The van der Waals surface area contributed by atoms with E-state index in [4.69, 9.17) is 23.2 Å². The van der Waals surface area contributed by atoms with Crippen LogP contribution >= 0.6 is 23.2 Å². The van der Waals surface area contributed by atoms with E-state index in [0.29, 0.717) is 15.6 Å². The topological polar surface area (TPSA) is 22.0 Å². The highest BCUT2D eigenvalue weighted by Crippen LogP contribution is 2.31. The summed E-state index contributed by atoms with van der Waals surface area (Å²) in [7, 11) is 1.75. The van der Waals surface area contributed by atoms with Gasteiger partial charge in [-0.2, -0.15) is 0 Å². The highest BCUT2D eigenvalue weighted by molar-refractivity contribution is 6.38. The van der Waals surface area contributed by atoms with Crippen LogP contribution in [0, 0.1) is 0 Å². The number of hydrogen-bond donors (Lipinski definition) is 0. The van der Waals surface area contributed by atoms with Crippen LogP contribution in [-0.2, 0) is 7.05 Å². The van der Waals surface area contributed by atoms with Gasteiger partial charge in [0.05, 0.1) is 16.1 Å². The number of pyridine rings is 1. The molecule has 0 saturated carbocycles. The molecule has 2 aromatic carbocycles. The minimum absolute atomic E-state index is 0.115. The van der Waals surface area contributed by atoms with Gasteiger partial charge in [0, 0.05) is 17.5 Å². The summed E-state index contributed by atoms with van der Waals surface area (Å²) in [6.45, 7) is 0. The predicted molar refractivity (Wildman–Crippen MR) is 84.6 cm³/mol. The molecule has 1 heterocycles. The predicted octanol–water partition coefficient (Wildman–Crippen LogP) is 4.51. The van der Waals surface area contributed by atoms with E-state index in [1.807, 2.05) is 24.3 Å². The van der Waals surface area contributed by atoms with Crippen molar-refractivity contribution in [2.75, 3.05) is 0 Å². The van der Waals surface area contributed by atoms with E-state index in [0.717, 1.165) is 16.5 Å².